The molecular formula is C34H36FN7O7. The highest BCUT2D eigenvalue weighted by atomic mass is 19.1. The van der Waals surface area contributed by atoms with Crippen LogP contribution in [-0.4, -0.2) is 72.7 Å². The maximum Gasteiger partial charge on any atom is 0.411 e. The highest BCUT2D eigenvalue weighted by Crippen LogP contribution is 2.29. The number of ether oxygens (including phenoxy) is 2. The average Bonchev–Trinajstić information content (AvgIpc) is 3.14. The van der Waals surface area contributed by atoms with Gasteiger partial charge in [-0.25, -0.2) is 19.4 Å². The minimum Gasteiger partial charge on any atom is -0.460 e. The number of aliphatic imine (C=N–C) groups is 1. The minimum atomic E-state index is -1.28. The van der Waals surface area contributed by atoms with E-state index in [1.807, 2.05) is 23.6 Å². The van der Waals surface area contributed by atoms with Gasteiger partial charge in [-0.05, 0) is 51.1 Å². The third-order valence-corrected chi connectivity index (χ3v) is 6.68. The normalized spacial score (nSPS) is 14.9. The zero-order valence-corrected chi connectivity index (χ0v) is 27.0. The van der Waals surface area contributed by atoms with Crippen molar-refractivity contribution >= 4 is 53.2 Å². The van der Waals surface area contributed by atoms with Crippen LogP contribution in [0.2, 0.25) is 0 Å². The van der Waals surface area contributed by atoms with Crippen molar-refractivity contribution in [2.75, 3.05) is 23.4 Å². The monoisotopic (exact) mass is 673 g/mol. The van der Waals surface area contributed by atoms with Gasteiger partial charge in [0.05, 0.1) is 23.9 Å². The Labute approximate surface area is 281 Å². The Hall–Kier alpha value is -6.12. The first kappa shape index (κ1) is 35.7. The number of fused-ring (bicyclic) bond motifs is 1. The molecule has 0 bridgehead atoms. The number of anilines is 2. The smallest absolute Gasteiger partial charge is 0.411 e. The summed E-state index contributed by atoms with van der Waals surface area (Å²) in [6, 6.07) is 17.6. The number of hydrogen-bond acceptors (Lipinski definition) is 9. The Morgan fingerprint density at radius 1 is 1.02 bits per heavy atom. The lowest BCUT2D eigenvalue weighted by atomic mass is 10.0. The van der Waals surface area contributed by atoms with Gasteiger partial charge in [-0.2, -0.15) is 5.10 Å². The number of benzene rings is 3. The molecular weight excluding hydrogens is 637 g/mol. The van der Waals surface area contributed by atoms with Gasteiger partial charge in [-0.15, -0.1) is 0 Å². The van der Waals surface area contributed by atoms with Crippen LogP contribution in [0.1, 0.15) is 38.3 Å². The number of halogens is 1. The van der Waals surface area contributed by atoms with Crippen molar-refractivity contribution in [2.45, 2.75) is 44.9 Å². The summed E-state index contributed by atoms with van der Waals surface area (Å²) >= 11 is 0. The molecule has 15 heteroatoms. The molecule has 0 radical (unpaired) electrons. The van der Waals surface area contributed by atoms with E-state index in [9.17, 15) is 28.4 Å². The Morgan fingerprint density at radius 3 is 2.37 bits per heavy atom. The molecule has 1 heterocycles. The SMILES string of the molecule is CC(C)(C)OC(=O)C[C@@H](/C=N\NC(N)=O)NC(=O)CN1C(=O)[C@@H](COC(=O)Nc2ccc(F)cc2)N=C(c2ccccc2)c2ccccc21. The van der Waals surface area contributed by atoms with Gasteiger partial charge in [-0.3, -0.25) is 24.7 Å². The van der Waals surface area contributed by atoms with Crippen LogP contribution in [0.5, 0.6) is 0 Å². The van der Waals surface area contributed by atoms with E-state index in [-0.39, 0.29) is 12.1 Å². The quantitative estimate of drug-likeness (QED) is 0.136. The first-order chi connectivity index (χ1) is 23.3. The van der Waals surface area contributed by atoms with E-state index >= 15 is 0 Å². The number of hydrazone groups is 1. The summed E-state index contributed by atoms with van der Waals surface area (Å²) in [6.07, 6.45) is -0.147. The molecule has 4 rings (SSSR count). The van der Waals surface area contributed by atoms with E-state index in [0.717, 1.165) is 6.21 Å². The molecule has 2 atom stereocenters. The first-order valence-corrected chi connectivity index (χ1v) is 15.1. The second kappa shape index (κ2) is 16.1. The number of nitrogens with one attached hydrogen (secondary N) is 3. The molecule has 0 spiro atoms. The van der Waals surface area contributed by atoms with E-state index in [1.54, 1.807) is 57.2 Å². The molecule has 3 aromatic rings. The lowest BCUT2D eigenvalue weighted by Gasteiger charge is -2.26. The largest absolute Gasteiger partial charge is 0.460 e. The van der Waals surface area contributed by atoms with E-state index in [0.29, 0.717) is 22.5 Å². The fourth-order valence-corrected chi connectivity index (χ4v) is 4.72. The molecule has 0 unspecified atom stereocenters. The fraction of sp³-hybridized carbons (Fsp3) is 0.265. The summed E-state index contributed by atoms with van der Waals surface area (Å²) in [5.41, 5.74) is 8.53. The number of esters is 1. The minimum absolute atomic E-state index is 0.272. The molecule has 49 heavy (non-hydrogen) atoms. The van der Waals surface area contributed by atoms with Crippen LogP contribution in [0.25, 0.3) is 0 Å². The molecule has 0 fully saturated rings. The summed E-state index contributed by atoms with van der Waals surface area (Å²) in [6.45, 7) is 4.01. The zero-order chi connectivity index (χ0) is 35.6. The first-order valence-electron chi connectivity index (χ1n) is 15.1. The second-order valence-corrected chi connectivity index (χ2v) is 11.8. The number of carbonyl (C=O) groups excluding carboxylic acids is 5. The number of rotatable bonds is 11. The van der Waals surface area contributed by atoms with E-state index in [1.165, 1.54) is 29.2 Å². The van der Waals surface area contributed by atoms with E-state index in [2.05, 4.69) is 15.7 Å². The predicted molar refractivity (Wildman–Crippen MR) is 180 cm³/mol. The molecule has 5 N–H and O–H groups in total. The molecule has 0 saturated carbocycles. The van der Waals surface area contributed by atoms with Crippen molar-refractivity contribution in [3.05, 3.63) is 95.8 Å². The van der Waals surface area contributed by atoms with E-state index in [4.69, 9.17) is 20.2 Å². The number of benzodiazepines with no additional fused rings is 1. The lowest BCUT2D eigenvalue weighted by Crippen LogP contribution is -2.48. The van der Waals surface area contributed by atoms with Crippen LogP contribution in [-0.2, 0) is 23.9 Å². The molecule has 3 aromatic carbocycles. The van der Waals surface area contributed by atoms with Gasteiger partial charge < -0.3 is 25.4 Å². The second-order valence-electron chi connectivity index (χ2n) is 11.8. The van der Waals surface area contributed by atoms with Crippen LogP contribution in [0, 0.1) is 5.82 Å². The van der Waals surface area contributed by atoms with Gasteiger partial charge in [0.1, 0.15) is 24.6 Å². The highest BCUT2D eigenvalue weighted by molar-refractivity contribution is 6.20. The van der Waals surface area contributed by atoms with Crippen LogP contribution in [0.3, 0.4) is 0 Å². The van der Waals surface area contributed by atoms with Crippen LogP contribution < -0.4 is 26.7 Å². The zero-order valence-electron chi connectivity index (χ0n) is 27.0. The summed E-state index contributed by atoms with van der Waals surface area (Å²) in [5, 5.41) is 8.77. The van der Waals surface area contributed by atoms with Crippen molar-refractivity contribution in [1.29, 1.82) is 0 Å². The summed E-state index contributed by atoms with van der Waals surface area (Å²) in [7, 11) is 0. The van der Waals surface area contributed by atoms with Crippen LogP contribution >= 0.6 is 0 Å². The Balaban J connectivity index is 1.61. The molecule has 1 aliphatic rings. The standard InChI is InChI=1S/C34H36FN7O7/c1-34(2,3)49-29(44)17-24(18-37-41-32(36)46)38-28(43)19-42-27-12-8-7-11-25(27)30(21-9-5-4-6-10-21)40-26(31(42)45)20-48-33(47)39-23-15-13-22(35)14-16-23/h4-16,18,24,26H,17,19-20H2,1-3H3,(H,38,43)(H,39,47)(H3,36,41,46)/b37-18-/t24-,26+/m0/s1. The number of hydrogen-bond donors (Lipinski definition) is 4. The molecule has 0 saturated heterocycles. The Morgan fingerprint density at radius 2 is 1.69 bits per heavy atom. The molecule has 14 nitrogen and oxygen atoms in total. The summed E-state index contributed by atoms with van der Waals surface area (Å²) in [5.74, 6) is -2.49. The van der Waals surface area contributed by atoms with Gasteiger partial charge >= 0.3 is 18.1 Å². The predicted octanol–water partition coefficient (Wildman–Crippen LogP) is 3.50. The van der Waals surface area contributed by atoms with Gasteiger partial charge in [0.25, 0.3) is 5.91 Å². The van der Waals surface area contributed by atoms with E-state index < -0.39 is 66.6 Å². The molecule has 5 amide bonds. The number of primary amides is 1. The topological polar surface area (TPSA) is 194 Å². The summed E-state index contributed by atoms with van der Waals surface area (Å²) < 4.78 is 24.0. The molecule has 1 aliphatic heterocycles. The van der Waals surface area contributed by atoms with Crippen molar-refractivity contribution in [1.82, 2.24) is 10.7 Å². The number of carbonyl (C=O) groups is 5. The Bertz CT molecular complexity index is 1740. The number of para-hydroxylation sites is 1. The number of urea groups is 1. The van der Waals surface area contributed by atoms with Gasteiger partial charge in [0.15, 0.2) is 6.04 Å². The van der Waals surface area contributed by atoms with Crippen molar-refractivity contribution in [3.8, 4) is 0 Å². The fourth-order valence-electron chi connectivity index (χ4n) is 4.72. The number of nitrogens with two attached hydrogens (primary N) is 1. The molecule has 0 aliphatic carbocycles. The molecule has 0 aromatic heterocycles. The lowest BCUT2D eigenvalue weighted by molar-refractivity contribution is -0.155. The van der Waals surface area contributed by atoms with Crippen LogP contribution in [0.4, 0.5) is 25.4 Å². The van der Waals surface area contributed by atoms with Crippen molar-refractivity contribution in [2.24, 2.45) is 15.8 Å². The maximum atomic E-state index is 14.1. The summed E-state index contributed by atoms with van der Waals surface area (Å²) in [4.78, 5) is 69.9. The highest BCUT2D eigenvalue weighted by Gasteiger charge is 2.34. The van der Waals surface area contributed by atoms with Gasteiger partial charge in [0, 0.05) is 23.0 Å². The van der Waals surface area contributed by atoms with Crippen LogP contribution in [0.15, 0.2) is 89.0 Å². The van der Waals surface area contributed by atoms with Gasteiger partial charge in [-0.1, -0.05) is 48.5 Å². The van der Waals surface area contributed by atoms with Gasteiger partial charge in [0.2, 0.25) is 5.91 Å². The molecule has 256 valence electrons. The maximum absolute atomic E-state index is 14.1. The van der Waals surface area contributed by atoms with Crippen molar-refractivity contribution in [3.63, 3.8) is 0 Å². The number of amides is 5. The Kier molecular flexibility index (Phi) is 11.8. The third-order valence-electron chi connectivity index (χ3n) is 6.68. The third kappa shape index (κ3) is 10.7. The number of nitrogens with zero attached hydrogens (tertiary/aromatic N) is 3. The van der Waals surface area contributed by atoms with Crippen molar-refractivity contribution < 1.29 is 37.8 Å². The average molecular weight is 674 g/mol.